The number of carbonyl (C=O) groups is 2. The smallest absolute Gasteiger partial charge is 0.304 e. The number of anilines is 2. The minimum absolute atomic E-state index is 0.106. The van der Waals surface area contributed by atoms with Crippen LogP contribution in [0.15, 0.2) is 48.5 Å². The van der Waals surface area contributed by atoms with E-state index in [0.29, 0.717) is 5.56 Å². The topological polar surface area (TPSA) is 98.8 Å². The molecule has 2 aromatic rings. The Balaban J connectivity index is 1.78. The van der Waals surface area contributed by atoms with Gasteiger partial charge in [0.1, 0.15) is 12.4 Å². The van der Waals surface area contributed by atoms with Crippen molar-refractivity contribution in [1.82, 2.24) is 9.62 Å². The largest absolute Gasteiger partial charge is 0.349 e. The first-order valence-electron chi connectivity index (χ1n) is 10.8. The zero-order valence-corrected chi connectivity index (χ0v) is 19.6. The highest BCUT2D eigenvalue weighted by molar-refractivity contribution is 7.90. The predicted octanol–water partition coefficient (Wildman–Crippen LogP) is 3.14. The number of carbonyl (C=O) groups excluding carboxylic acids is 2. The summed E-state index contributed by atoms with van der Waals surface area (Å²) in [4.78, 5) is 25.7. The average Bonchev–Trinajstić information content (AvgIpc) is 2.79. The van der Waals surface area contributed by atoms with E-state index >= 15 is 0 Å². The molecule has 0 radical (unpaired) electrons. The SMILES string of the molecule is CN(C)S(=O)(=O)N(CC(=O)Nc1ccccc1C(=O)NC1CCCCC1)c1ccc(F)cc1. The Morgan fingerprint density at radius 1 is 1.00 bits per heavy atom. The third-order valence-electron chi connectivity index (χ3n) is 5.53. The van der Waals surface area contributed by atoms with E-state index < -0.39 is 28.5 Å². The van der Waals surface area contributed by atoms with Gasteiger partial charge in [-0.15, -0.1) is 0 Å². The lowest BCUT2D eigenvalue weighted by molar-refractivity contribution is -0.114. The molecule has 0 bridgehead atoms. The molecule has 0 unspecified atom stereocenters. The Hall–Kier alpha value is -2.98. The second-order valence-electron chi connectivity index (χ2n) is 8.18. The Labute approximate surface area is 194 Å². The summed E-state index contributed by atoms with van der Waals surface area (Å²) in [6.45, 7) is -0.551. The first kappa shape index (κ1) is 24.7. The molecule has 0 aromatic heterocycles. The highest BCUT2D eigenvalue weighted by Crippen LogP contribution is 2.22. The predicted molar refractivity (Wildman–Crippen MR) is 126 cm³/mol. The molecular formula is C23H29FN4O4S. The minimum atomic E-state index is -4.03. The van der Waals surface area contributed by atoms with Gasteiger partial charge in [-0.2, -0.15) is 12.7 Å². The van der Waals surface area contributed by atoms with Gasteiger partial charge in [0.15, 0.2) is 0 Å². The third-order valence-corrected chi connectivity index (χ3v) is 7.35. The fraction of sp³-hybridized carbons (Fsp3) is 0.391. The molecule has 8 nitrogen and oxygen atoms in total. The molecule has 1 aliphatic rings. The summed E-state index contributed by atoms with van der Waals surface area (Å²) >= 11 is 0. The molecule has 178 valence electrons. The van der Waals surface area contributed by atoms with E-state index in [1.807, 2.05) is 0 Å². The van der Waals surface area contributed by atoms with E-state index in [1.54, 1.807) is 24.3 Å². The Morgan fingerprint density at radius 3 is 2.27 bits per heavy atom. The molecule has 1 fully saturated rings. The number of rotatable bonds is 8. The van der Waals surface area contributed by atoms with Crippen molar-refractivity contribution >= 4 is 33.4 Å². The fourth-order valence-corrected chi connectivity index (χ4v) is 4.79. The van der Waals surface area contributed by atoms with Gasteiger partial charge in [-0.1, -0.05) is 31.4 Å². The lowest BCUT2D eigenvalue weighted by Crippen LogP contribution is -2.44. The number of benzene rings is 2. The van der Waals surface area contributed by atoms with E-state index in [9.17, 15) is 22.4 Å². The second-order valence-corrected chi connectivity index (χ2v) is 10.2. The number of para-hydroxylation sites is 1. The summed E-state index contributed by atoms with van der Waals surface area (Å²) in [7, 11) is -1.35. The van der Waals surface area contributed by atoms with Gasteiger partial charge in [-0.25, -0.2) is 8.70 Å². The molecule has 33 heavy (non-hydrogen) atoms. The van der Waals surface area contributed by atoms with Crippen LogP contribution >= 0.6 is 0 Å². The zero-order chi connectivity index (χ0) is 24.0. The summed E-state index contributed by atoms with van der Waals surface area (Å²) in [6.07, 6.45) is 5.16. The van der Waals surface area contributed by atoms with Crippen LogP contribution in [0.1, 0.15) is 42.5 Å². The summed E-state index contributed by atoms with van der Waals surface area (Å²) in [5.74, 6) is -1.44. The molecule has 1 saturated carbocycles. The third kappa shape index (κ3) is 6.29. The molecule has 0 spiro atoms. The molecule has 2 amide bonds. The van der Waals surface area contributed by atoms with Crippen LogP contribution in [0.25, 0.3) is 0 Å². The first-order valence-corrected chi connectivity index (χ1v) is 12.2. The average molecular weight is 477 g/mol. The van der Waals surface area contributed by atoms with Gasteiger partial charge < -0.3 is 10.6 Å². The summed E-state index contributed by atoms with van der Waals surface area (Å²) in [6, 6.07) is 11.5. The van der Waals surface area contributed by atoms with Crippen LogP contribution in [0.3, 0.4) is 0 Å². The summed E-state index contributed by atoms with van der Waals surface area (Å²) in [5.41, 5.74) is 0.737. The standard InChI is InChI=1S/C23H29FN4O4S/c1-27(2)33(31,32)28(19-14-12-17(24)13-15-19)16-22(29)26-21-11-7-6-10-20(21)23(30)25-18-8-4-3-5-9-18/h6-7,10-15,18H,3-5,8-9,16H2,1-2H3,(H,25,30)(H,26,29). The number of nitrogens with one attached hydrogen (secondary N) is 2. The maximum Gasteiger partial charge on any atom is 0.304 e. The van der Waals surface area contributed by atoms with Gasteiger partial charge in [-0.05, 0) is 49.2 Å². The van der Waals surface area contributed by atoms with E-state index in [-0.39, 0.29) is 23.3 Å². The fourth-order valence-electron chi connectivity index (χ4n) is 3.73. The van der Waals surface area contributed by atoms with Crippen LogP contribution in [-0.4, -0.2) is 51.2 Å². The van der Waals surface area contributed by atoms with Crippen molar-refractivity contribution in [3.63, 3.8) is 0 Å². The second kappa shape index (κ2) is 10.8. The highest BCUT2D eigenvalue weighted by atomic mass is 32.2. The number of halogens is 1. The number of nitrogens with zero attached hydrogens (tertiary/aromatic N) is 2. The maximum absolute atomic E-state index is 13.3. The first-order chi connectivity index (χ1) is 15.7. The van der Waals surface area contributed by atoms with Gasteiger partial charge in [0.2, 0.25) is 5.91 Å². The molecule has 0 saturated heterocycles. The molecule has 10 heteroatoms. The number of hydrogen-bond acceptors (Lipinski definition) is 4. The summed E-state index contributed by atoms with van der Waals surface area (Å²) < 4.78 is 40.8. The normalized spacial score (nSPS) is 14.7. The lowest BCUT2D eigenvalue weighted by atomic mass is 9.95. The van der Waals surface area contributed by atoms with E-state index in [1.165, 1.54) is 32.6 Å². The highest BCUT2D eigenvalue weighted by Gasteiger charge is 2.28. The van der Waals surface area contributed by atoms with Gasteiger partial charge in [0, 0.05) is 20.1 Å². The van der Waals surface area contributed by atoms with Gasteiger partial charge in [0.25, 0.3) is 5.91 Å². The summed E-state index contributed by atoms with van der Waals surface area (Å²) in [5, 5.41) is 5.67. The maximum atomic E-state index is 13.3. The monoisotopic (exact) mass is 476 g/mol. The molecule has 2 N–H and O–H groups in total. The van der Waals surface area contributed by atoms with Crippen molar-refractivity contribution in [3.05, 3.63) is 59.9 Å². The number of hydrogen-bond donors (Lipinski definition) is 2. The minimum Gasteiger partial charge on any atom is -0.349 e. The van der Waals surface area contributed by atoms with Crippen LogP contribution in [-0.2, 0) is 15.0 Å². The molecule has 1 aliphatic carbocycles. The molecule has 0 atom stereocenters. The van der Waals surface area contributed by atoms with Crippen LogP contribution < -0.4 is 14.9 Å². The molecule has 2 aromatic carbocycles. The van der Waals surface area contributed by atoms with Gasteiger partial charge in [-0.3, -0.25) is 9.59 Å². The van der Waals surface area contributed by atoms with Crippen LogP contribution in [0.4, 0.5) is 15.8 Å². The van der Waals surface area contributed by atoms with E-state index in [4.69, 9.17) is 0 Å². The zero-order valence-electron chi connectivity index (χ0n) is 18.8. The van der Waals surface area contributed by atoms with Crippen LogP contribution in [0, 0.1) is 5.82 Å². The van der Waals surface area contributed by atoms with Crippen molar-refractivity contribution in [2.45, 2.75) is 38.1 Å². The van der Waals surface area contributed by atoms with Crippen LogP contribution in [0.2, 0.25) is 0 Å². The molecule has 3 rings (SSSR count). The molecule has 0 heterocycles. The van der Waals surface area contributed by atoms with Crippen molar-refractivity contribution in [1.29, 1.82) is 0 Å². The molecule has 0 aliphatic heterocycles. The lowest BCUT2D eigenvalue weighted by Gasteiger charge is -2.27. The Kier molecular flexibility index (Phi) is 8.04. The van der Waals surface area contributed by atoms with Gasteiger partial charge in [0.05, 0.1) is 16.9 Å². The quantitative estimate of drug-likeness (QED) is 0.612. The van der Waals surface area contributed by atoms with Gasteiger partial charge >= 0.3 is 10.2 Å². The Bertz CT molecular complexity index is 1080. The van der Waals surface area contributed by atoms with E-state index in [0.717, 1.165) is 46.4 Å². The van der Waals surface area contributed by atoms with Crippen molar-refractivity contribution in [2.75, 3.05) is 30.3 Å². The van der Waals surface area contributed by atoms with Crippen molar-refractivity contribution in [3.8, 4) is 0 Å². The van der Waals surface area contributed by atoms with Crippen LogP contribution in [0.5, 0.6) is 0 Å². The Morgan fingerprint density at radius 2 is 1.64 bits per heavy atom. The van der Waals surface area contributed by atoms with E-state index in [2.05, 4.69) is 10.6 Å². The number of amides is 2. The van der Waals surface area contributed by atoms with Crippen molar-refractivity contribution in [2.24, 2.45) is 0 Å². The van der Waals surface area contributed by atoms with Crippen molar-refractivity contribution < 1.29 is 22.4 Å². The molecular weight excluding hydrogens is 447 g/mol.